The van der Waals surface area contributed by atoms with Gasteiger partial charge in [0.05, 0.1) is 4.47 Å². The Bertz CT molecular complexity index is 365. The lowest BCUT2D eigenvalue weighted by Crippen LogP contribution is -2.07. The molecule has 0 aromatic heterocycles. The Hall–Kier alpha value is -0.610. The molecule has 1 aromatic rings. The Kier molecular flexibility index (Phi) is 2.04. The molecule has 0 radical (unpaired) electrons. The van der Waals surface area contributed by atoms with E-state index in [0.717, 1.165) is 24.0 Å². The van der Waals surface area contributed by atoms with Crippen LogP contribution in [0.4, 0.5) is 10.1 Å². The molecule has 1 aliphatic rings. The van der Waals surface area contributed by atoms with Crippen molar-refractivity contribution in [2.75, 3.05) is 5.73 Å². The van der Waals surface area contributed by atoms with Crippen LogP contribution in [0.1, 0.15) is 23.6 Å². The van der Waals surface area contributed by atoms with Gasteiger partial charge in [-0.2, -0.15) is 0 Å². The Labute approximate surface area is 84.2 Å². The van der Waals surface area contributed by atoms with Crippen molar-refractivity contribution in [3.05, 3.63) is 27.5 Å². The largest absolute Gasteiger partial charge is 0.398 e. The minimum Gasteiger partial charge on any atom is -0.398 e. The molecule has 0 saturated heterocycles. The molecule has 0 bridgehead atoms. The quantitative estimate of drug-likeness (QED) is 0.688. The monoisotopic (exact) mass is 244 g/mol. The number of rotatable bonds is 0. The van der Waals surface area contributed by atoms with E-state index in [-0.39, 0.29) is 11.9 Å². The molecule has 1 atom stereocenters. The highest BCUT2D eigenvalue weighted by Gasteiger charge is 2.25. The lowest BCUT2D eigenvalue weighted by molar-refractivity contribution is 0.614. The normalized spacial score (nSPS) is 20.4. The van der Waals surface area contributed by atoms with Crippen LogP contribution >= 0.6 is 15.9 Å². The summed E-state index contributed by atoms with van der Waals surface area (Å²) in [5.41, 5.74) is 13.9. The number of anilines is 1. The highest BCUT2D eigenvalue weighted by atomic mass is 79.9. The van der Waals surface area contributed by atoms with Gasteiger partial charge >= 0.3 is 0 Å². The van der Waals surface area contributed by atoms with E-state index in [1.807, 2.05) is 0 Å². The Morgan fingerprint density at radius 3 is 2.92 bits per heavy atom. The molecule has 4 heteroatoms. The van der Waals surface area contributed by atoms with E-state index in [9.17, 15) is 4.39 Å². The zero-order chi connectivity index (χ0) is 9.59. The molecule has 1 unspecified atom stereocenters. The number of fused-ring (bicyclic) bond motifs is 1. The van der Waals surface area contributed by atoms with E-state index in [1.54, 1.807) is 0 Å². The van der Waals surface area contributed by atoms with Gasteiger partial charge in [0, 0.05) is 11.7 Å². The molecule has 2 rings (SSSR count). The first-order valence-corrected chi connectivity index (χ1v) is 4.92. The van der Waals surface area contributed by atoms with Gasteiger partial charge in [-0.05, 0) is 46.0 Å². The number of hydrogen-bond acceptors (Lipinski definition) is 2. The fraction of sp³-hybridized carbons (Fsp3) is 0.333. The summed E-state index contributed by atoms with van der Waals surface area (Å²) in [6, 6.07) is 1.27. The predicted molar refractivity (Wildman–Crippen MR) is 53.8 cm³/mol. The summed E-state index contributed by atoms with van der Waals surface area (Å²) in [7, 11) is 0. The average Bonchev–Trinajstić information content (AvgIpc) is 2.44. The van der Waals surface area contributed by atoms with Crippen molar-refractivity contribution in [1.82, 2.24) is 0 Å². The number of benzene rings is 1. The zero-order valence-corrected chi connectivity index (χ0v) is 8.57. The highest BCUT2D eigenvalue weighted by molar-refractivity contribution is 9.10. The highest BCUT2D eigenvalue weighted by Crippen LogP contribution is 2.39. The Morgan fingerprint density at radius 2 is 2.23 bits per heavy atom. The van der Waals surface area contributed by atoms with E-state index in [4.69, 9.17) is 11.5 Å². The summed E-state index contributed by atoms with van der Waals surface area (Å²) in [5, 5.41) is 0. The summed E-state index contributed by atoms with van der Waals surface area (Å²) < 4.78 is 13.7. The van der Waals surface area contributed by atoms with Crippen LogP contribution in [0.15, 0.2) is 10.5 Å². The fourth-order valence-corrected chi connectivity index (χ4v) is 2.46. The lowest BCUT2D eigenvalue weighted by Gasteiger charge is -2.10. The van der Waals surface area contributed by atoms with Crippen LogP contribution in [0.25, 0.3) is 0 Å². The molecule has 4 N–H and O–H groups in total. The van der Waals surface area contributed by atoms with Crippen LogP contribution in [0, 0.1) is 5.82 Å². The standard InChI is InChI=1S/C9H10BrFN2/c10-9-5(11)3-7(13)4-1-2-6(12)8(4)9/h3,6H,1-2,12-13H2. The maximum absolute atomic E-state index is 13.2. The second-order valence-electron chi connectivity index (χ2n) is 3.30. The summed E-state index contributed by atoms with van der Waals surface area (Å²) in [4.78, 5) is 0. The van der Waals surface area contributed by atoms with Gasteiger partial charge in [0.25, 0.3) is 0 Å². The summed E-state index contributed by atoms with van der Waals surface area (Å²) in [5.74, 6) is -0.325. The van der Waals surface area contributed by atoms with E-state index in [2.05, 4.69) is 15.9 Å². The number of nitrogen functional groups attached to an aromatic ring is 1. The van der Waals surface area contributed by atoms with Crippen LogP contribution in [0.5, 0.6) is 0 Å². The first kappa shape index (κ1) is 8.97. The smallest absolute Gasteiger partial charge is 0.139 e. The van der Waals surface area contributed by atoms with Crippen molar-refractivity contribution in [3.8, 4) is 0 Å². The van der Waals surface area contributed by atoms with Gasteiger partial charge < -0.3 is 11.5 Å². The number of halogens is 2. The fourth-order valence-electron chi connectivity index (χ4n) is 1.81. The molecule has 0 aliphatic heterocycles. The third-order valence-electron chi connectivity index (χ3n) is 2.48. The van der Waals surface area contributed by atoms with E-state index < -0.39 is 0 Å². The minimum atomic E-state index is -0.325. The Morgan fingerprint density at radius 1 is 1.54 bits per heavy atom. The minimum absolute atomic E-state index is 0.0811. The van der Waals surface area contributed by atoms with E-state index in [0.29, 0.717) is 10.2 Å². The molecule has 0 heterocycles. The van der Waals surface area contributed by atoms with Crippen LogP contribution in [-0.2, 0) is 6.42 Å². The maximum Gasteiger partial charge on any atom is 0.139 e. The maximum atomic E-state index is 13.2. The van der Waals surface area contributed by atoms with Crippen LogP contribution in [0.3, 0.4) is 0 Å². The second kappa shape index (κ2) is 2.96. The molecule has 0 fully saturated rings. The van der Waals surface area contributed by atoms with Crippen molar-refractivity contribution >= 4 is 21.6 Å². The zero-order valence-electron chi connectivity index (χ0n) is 6.98. The first-order chi connectivity index (χ1) is 6.11. The van der Waals surface area contributed by atoms with Crippen molar-refractivity contribution in [3.63, 3.8) is 0 Å². The molecule has 2 nitrogen and oxygen atoms in total. The molecule has 1 aromatic carbocycles. The SMILES string of the molecule is Nc1cc(F)c(Br)c2c1CCC2N. The lowest BCUT2D eigenvalue weighted by atomic mass is 10.1. The third-order valence-corrected chi connectivity index (χ3v) is 3.28. The molecule has 70 valence electrons. The molecule has 1 aliphatic carbocycles. The van der Waals surface area contributed by atoms with E-state index >= 15 is 0 Å². The van der Waals surface area contributed by atoms with Gasteiger partial charge in [0.1, 0.15) is 5.82 Å². The van der Waals surface area contributed by atoms with Crippen LogP contribution < -0.4 is 11.5 Å². The van der Waals surface area contributed by atoms with Crippen LogP contribution in [-0.4, -0.2) is 0 Å². The third kappa shape index (κ3) is 1.25. The van der Waals surface area contributed by atoms with E-state index in [1.165, 1.54) is 6.07 Å². The number of nitrogens with two attached hydrogens (primary N) is 2. The molecule has 0 saturated carbocycles. The van der Waals surface area contributed by atoms with Crippen molar-refractivity contribution in [1.29, 1.82) is 0 Å². The molecule has 13 heavy (non-hydrogen) atoms. The van der Waals surface area contributed by atoms with Gasteiger partial charge in [0.2, 0.25) is 0 Å². The van der Waals surface area contributed by atoms with Gasteiger partial charge in [0.15, 0.2) is 0 Å². The Balaban J connectivity index is 2.70. The van der Waals surface area contributed by atoms with Crippen molar-refractivity contribution in [2.24, 2.45) is 5.73 Å². The summed E-state index contributed by atoms with van der Waals surface area (Å²) in [6.07, 6.45) is 1.70. The van der Waals surface area contributed by atoms with Gasteiger partial charge in [-0.3, -0.25) is 0 Å². The molecule has 0 spiro atoms. The predicted octanol–water partition coefficient (Wildman–Crippen LogP) is 2.12. The van der Waals surface area contributed by atoms with Gasteiger partial charge in [-0.15, -0.1) is 0 Å². The first-order valence-electron chi connectivity index (χ1n) is 4.13. The summed E-state index contributed by atoms with van der Waals surface area (Å²) >= 11 is 3.20. The van der Waals surface area contributed by atoms with Crippen molar-refractivity contribution < 1.29 is 4.39 Å². The van der Waals surface area contributed by atoms with Gasteiger partial charge in [-0.25, -0.2) is 4.39 Å². The summed E-state index contributed by atoms with van der Waals surface area (Å²) in [6.45, 7) is 0. The second-order valence-corrected chi connectivity index (χ2v) is 4.09. The molecular weight excluding hydrogens is 235 g/mol. The van der Waals surface area contributed by atoms with Crippen LogP contribution in [0.2, 0.25) is 0 Å². The van der Waals surface area contributed by atoms with Gasteiger partial charge in [-0.1, -0.05) is 0 Å². The average molecular weight is 245 g/mol. The van der Waals surface area contributed by atoms with Crippen molar-refractivity contribution in [2.45, 2.75) is 18.9 Å². The molecular formula is C9H10BrFN2. The molecule has 0 amide bonds. The number of hydrogen-bond donors (Lipinski definition) is 2. The topological polar surface area (TPSA) is 52.0 Å².